The van der Waals surface area contributed by atoms with Crippen molar-refractivity contribution in [3.63, 3.8) is 0 Å². The SMILES string of the molecule is COc1ccc(C(=O)Nc2ccccc2)cc1N=Nc1c(S(=O)(=O)O)cc2cc(Nc3nc(Nc4cccc(S(=O)(=O)O)c4)nc(Nc4ccc5c(O)c(N=Nc6cc(S(=O)(=O)O)ccc6O)c(S(=O)(=O)O)cc5c4S(=O)(=O)O)n3)ccc2c1O. The Hall–Kier alpha value is -9.89. The Kier molecular flexibility index (Phi) is 15.9. The molecule has 1 aromatic heterocycles. The number of hydrogen-bond acceptors (Lipinski definition) is 25. The first kappa shape index (κ1) is 59.7. The number of hydrogen-bond donors (Lipinski definition) is 12. The van der Waals surface area contributed by atoms with E-state index in [0.29, 0.717) is 17.8 Å². The van der Waals surface area contributed by atoms with Crippen molar-refractivity contribution in [1.82, 2.24) is 15.0 Å². The minimum Gasteiger partial charge on any atom is -0.506 e. The van der Waals surface area contributed by atoms with E-state index < -0.39 is 150 Å². The molecule has 36 heteroatoms. The number of rotatable bonds is 18. The van der Waals surface area contributed by atoms with E-state index in [1.54, 1.807) is 30.3 Å². The van der Waals surface area contributed by atoms with Crippen LogP contribution in [0.4, 0.5) is 63.3 Å². The van der Waals surface area contributed by atoms with Gasteiger partial charge in [-0.25, -0.2) is 0 Å². The van der Waals surface area contributed by atoms with Crippen LogP contribution in [0, 0.1) is 0 Å². The summed E-state index contributed by atoms with van der Waals surface area (Å²) < 4.78 is 181. The van der Waals surface area contributed by atoms with E-state index >= 15 is 0 Å². The zero-order chi connectivity index (χ0) is 61.6. The van der Waals surface area contributed by atoms with Crippen LogP contribution < -0.4 is 26.0 Å². The molecule has 0 atom stereocenters. The zero-order valence-electron chi connectivity index (χ0n) is 42.4. The molecule has 9 rings (SSSR count). The van der Waals surface area contributed by atoms with Gasteiger partial charge in [-0.2, -0.15) is 57.0 Å². The van der Waals surface area contributed by atoms with Gasteiger partial charge in [-0.3, -0.25) is 27.6 Å². The van der Waals surface area contributed by atoms with Gasteiger partial charge in [0.1, 0.15) is 48.9 Å². The van der Waals surface area contributed by atoms with Gasteiger partial charge in [0.05, 0.1) is 22.6 Å². The molecule has 9 aromatic rings. The third-order valence-electron chi connectivity index (χ3n) is 11.8. The average Bonchev–Trinajstić information content (AvgIpc) is 0.994. The van der Waals surface area contributed by atoms with E-state index in [2.05, 4.69) is 56.7 Å². The molecule has 0 bridgehead atoms. The molecule has 0 fully saturated rings. The summed E-state index contributed by atoms with van der Waals surface area (Å²) in [5.74, 6) is -4.90. The van der Waals surface area contributed by atoms with E-state index in [9.17, 15) is 85.0 Å². The topological polar surface area (TPSA) is 495 Å². The lowest BCUT2D eigenvalue weighted by Crippen LogP contribution is -2.11. The summed E-state index contributed by atoms with van der Waals surface area (Å²) >= 11 is 0. The highest BCUT2D eigenvalue weighted by atomic mass is 32.2. The number of anilines is 7. The molecular weight excluding hydrogens is 1220 g/mol. The van der Waals surface area contributed by atoms with Crippen molar-refractivity contribution < 1.29 is 89.7 Å². The number of phenols is 3. The van der Waals surface area contributed by atoms with Crippen molar-refractivity contribution in [1.29, 1.82) is 0 Å². The average molecular weight is 1260 g/mol. The fraction of sp³-hybridized carbons (Fsp3) is 0.0204. The van der Waals surface area contributed by atoms with Crippen LogP contribution >= 0.6 is 0 Å². The Morgan fingerprint density at radius 2 is 1.02 bits per heavy atom. The number of nitrogens with one attached hydrogen (secondary N) is 4. The van der Waals surface area contributed by atoms with Crippen molar-refractivity contribution in [2.24, 2.45) is 20.5 Å². The molecule has 0 aliphatic rings. The van der Waals surface area contributed by atoms with Crippen LogP contribution in [-0.2, 0) is 50.6 Å². The van der Waals surface area contributed by atoms with Crippen molar-refractivity contribution in [3.05, 3.63) is 139 Å². The number of phenolic OH excluding ortho intramolecular Hbond substituents is 3. The molecule has 85 heavy (non-hydrogen) atoms. The summed E-state index contributed by atoms with van der Waals surface area (Å²) in [6.07, 6.45) is 0. The normalized spacial score (nSPS) is 12.4. The van der Waals surface area contributed by atoms with Gasteiger partial charge in [0.15, 0.2) is 11.5 Å². The fourth-order valence-corrected chi connectivity index (χ4v) is 11.2. The Bertz CT molecular complexity index is 4930. The van der Waals surface area contributed by atoms with E-state index in [0.717, 1.165) is 42.5 Å². The summed E-state index contributed by atoms with van der Waals surface area (Å²) in [4.78, 5) is 20.9. The van der Waals surface area contributed by atoms with Crippen LogP contribution in [0.15, 0.2) is 178 Å². The van der Waals surface area contributed by atoms with Gasteiger partial charge < -0.3 is 41.3 Å². The molecule has 0 saturated carbocycles. The zero-order valence-corrected chi connectivity index (χ0v) is 46.4. The second-order valence-corrected chi connectivity index (χ2v) is 24.4. The molecule has 0 saturated heterocycles. The molecule has 0 spiro atoms. The van der Waals surface area contributed by atoms with E-state index in [4.69, 9.17) is 4.74 Å². The van der Waals surface area contributed by atoms with Crippen molar-refractivity contribution in [3.8, 4) is 23.0 Å². The molecule has 31 nitrogen and oxygen atoms in total. The number of methoxy groups -OCH3 is 1. The summed E-state index contributed by atoms with van der Waals surface area (Å²) in [5, 5.41) is 57.4. The molecule has 0 unspecified atom stereocenters. The predicted molar refractivity (Wildman–Crippen MR) is 300 cm³/mol. The second-order valence-electron chi connectivity index (χ2n) is 17.5. The first-order valence-corrected chi connectivity index (χ1v) is 30.4. The van der Waals surface area contributed by atoms with Crippen LogP contribution in [0.3, 0.4) is 0 Å². The third-order valence-corrected chi connectivity index (χ3v) is 16.2. The van der Waals surface area contributed by atoms with Gasteiger partial charge in [-0.1, -0.05) is 24.3 Å². The molecule has 1 heterocycles. The molecule has 12 N–H and O–H groups in total. The van der Waals surface area contributed by atoms with Crippen molar-refractivity contribution >= 4 is 141 Å². The Labute approximate surface area is 478 Å². The van der Waals surface area contributed by atoms with E-state index in [1.165, 1.54) is 55.6 Å². The maximum absolute atomic E-state index is 13.3. The number of fused-ring (bicyclic) bond motifs is 2. The molecule has 1 amide bonds. The number of aromatic nitrogens is 3. The van der Waals surface area contributed by atoms with Gasteiger partial charge in [0.25, 0.3) is 56.5 Å². The lowest BCUT2D eigenvalue weighted by molar-refractivity contribution is 0.102. The van der Waals surface area contributed by atoms with Crippen LogP contribution in [-0.4, -0.2) is 108 Å². The quantitative estimate of drug-likeness (QED) is 0.0282. The minimum absolute atomic E-state index is 0.0128. The van der Waals surface area contributed by atoms with Gasteiger partial charge in [0.2, 0.25) is 17.8 Å². The highest BCUT2D eigenvalue weighted by Crippen LogP contribution is 2.47. The Balaban J connectivity index is 1.12. The number of ether oxygens (including phenoxy) is 1. The Morgan fingerprint density at radius 3 is 1.62 bits per heavy atom. The summed E-state index contributed by atoms with van der Waals surface area (Å²) in [5.41, 5.74) is -2.88. The number of amides is 1. The van der Waals surface area contributed by atoms with E-state index in [-0.39, 0.29) is 39.1 Å². The lowest BCUT2D eigenvalue weighted by Gasteiger charge is -2.16. The number of para-hydroxylation sites is 1. The van der Waals surface area contributed by atoms with E-state index in [1.807, 2.05) is 0 Å². The van der Waals surface area contributed by atoms with Gasteiger partial charge in [-0.05, 0) is 115 Å². The van der Waals surface area contributed by atoms with Crippen LogP contribution in [0.1, 0.15) is 10.4 Å². The molecule has 0 radical (unpaired) electrons. The van der Waals surface area contributed by atoms with Crippen LogP contribution in [0.5, 0.6) is 23.0 Å². The van der Waals surface area contributed by atoms with Crippen molar-refractivity contribution in [2.45, 2.75) is 24.5 Å². The summed E-state index contributed by atoms with van der Waals surface area (Å²) in [6, 6.07) is 26.2. The standard InChI is InChI=1S/C49H37N11O20S5/c1-80-38-17-10-24(46(64)50-26-6-3-2-4-7-26)19-36(38)58-60-41-39(83(71,72)73)20-25-18-28(11-13-31(25)43(41)62)52-48-54-47(51-27-8-5-9-29(21-27)81(65,66)67)55-49(56-48)53-34-15-14-32-33(45(34)85(77,78)79)23-40(84(74,75)76)42(44(32)63)59-57-35-22-30(82(68,69)70)12-16-37(35)61/h2-23,61-63H,1H3,(H,50,64)(H,65,66,67)(H,68,69,70)(H,71,72,73)(H,74,75,76)(H,77,78,79)(H3,51,52,53,54,55,56). The van der Waals surface area contributed by atoms with Crippen LogP contribution in [0.25, 0.3) is 21.5 Å². The summed E-state index contributed by atoms with van der Waals surface area (Å²) in [7, 11) is -24.8. The first-order chi connectivity index (χ1) is 39.8. The smallest absolute Gasteiger partial charge is 0.297 e. The maximum atomic E-state index is 13.3. The maximum Gasteiger partial charge on any atom is 0.297 e. The highest BCUT2D eigenvalue weighted by molar-refractivity contribution is 7.87. The number of carbonyl (C=O) groups is 1. The van der Waals surface area contributed by atoms with Gasteiger partial charge in [-0.15, -0.1) is 20.5 Å². The summed E-state index contributed by atoms with van der Waals surface area (Å²) in [6.45, 7) is 0. The van der Waals surface area contributed by atoms with Gasteiger partial charge >= 0.3 is 0 Å². The number of nitrogens with zero attached hydrogens (tertiary/aromatic N) is 7. The number of aromatic hydroxyl groups is 3. The monoisotopic (exact) mass is 1260 g/mol. The lowest BCUT2D eigenvalue weighted by atomic mass is 10.1. The third kappa shape index (κ3) is 13.3. The van der Waals surface area contributed by atoms with Crippen LogP contribution in [0.2, 0.25) is 0 Å². The largest absolute Gasteiger partial charge is 0.506 e. The first-order valence-electron chi connectivity index (χ1n) is 23.2. The minimum atomic E-state index is -5.58. The number of carbonyl (C=O) groups excluding carboxylic acids is 1. The Morgan fingerprint density at radius 1 is 0.471 bits per heavy atom. The molecule has 8 aromatic carbocycles. The fourth-order valence-electron chi connectivity index (χ4n) is 8.03. The predicted octanol–water partition coefficient (Wildman–Crippen LogP) is 8.85. The molecule has 438 valence electrons. The van der Waals surface area contributed by atoms with Gasteiger partial charge in [0, 0.05) is 38.8 Å². The van der Waals surface area contributed by atoms with Crippen molar-refractivity contribution in [2.75, 3.05) is 28.4 Å². The highest BCUT2D eigenvalue weighted by Gasteiger charge is 2.29. The molecule has 0 aliphatic carbocycles. The second kappa shape index (κ2) is 22.7. The number of azo groups is 2. The number of benzene rings is 8. The molecule has 0 aliphatic heterocycles. The molecular formula is C49H37N11O20S5.